The molecular formula is C26H30ClN9O. The van der Waals surface area contributed by atoms with Crippen molar-refractivity contribution in [2.75, 3.05) is 58.0 Å². The van der Waals surface area contributed by atoms with Gasteiger partial charge in [0.05, 0.1) is 35.0 Å². The summed E-state index contributed by atoms with van der Waals surface area (Å²) >= 11 is 6.38. The summed E-state index contributed by atoms with van der Waals surface area (Å²) in [5.74, 6) is 1.61. The van der Waals surface area contributed by atoms with Crippen molar-refractivity contribution < 1.29 is 4.79 Å². The number of rotatable bonds is 7. The van der Waals surface area contributed by atoms with Crippen molar-refractivity contribution in [3.05, 3.63) is 65.1 Å². The van der Waals surface area contributed by atoms with Crippen LogP contribution in [0.1, 0.15) is 16.2 Å². The fourth-order valence-electron chi connectivity index (χ4n) is 4.22. The third kappa shape index (κ3) is 5.82. The molecule has 0 radical (unpaired) electrons. The van der Waals surface area contributed by atoms with Crippen LogP contribution < -0.4 is 10.6 Å². The van der Waals surface area contributed by atoms with Gasteiger partial charge in [-0.1, -0.05) is 23.7 Å². The second-order valence-electron chi connectivity index (χ2n) is 9.38. The zero-order valence-electron chi connectivity index (χ0n) is 21.1. The third-order valence-electron chi connectivity index (χ3n) is 6.32. The summed E-state index contributed by atoms with van der Waals surface area (Å²) in [7, 11) is 5.58. The number of aromatic amines is 1. The van der Waals surface area contributed by atoms with Gasteiger partial charge in [0.25, 0.3) is 5.91 Å². The van der Waals surface area contributed by atoms with Crippen molar-refractivity contribution in [1.29, 1.82) is 0 Å². The smallest absolute Gasteiger partial charge is 0.255 e. The molecule has 2 aromatic heterocycles. The van der Waals surface area contributed by atoms with Crippen LogP contribution in [0.15, 0.2) is 48.7 Å². The zero-order chi connectivity index (χ0) is 25.9. The number of anilines is 4. The Labute approximate surface area is 220 Å². The molecule has 1 aliphatic heterocycles. The number of likely N-dealkylation sites (N-methyl/N-ethyl adjacent to an activating group) is 1. The van der Waals surface area contributed by atoms with Gasteiger partial charge in [0.2, 0.25) is 5.95 Å². The summed E-state index contributed by atoms with van der Waals surface area (Å²) in [6, 6.07) is 13.1. The molecule has 1 aliphatic rings. The fourth-order valence-corrected chi connectivity index (χ4v) is 4.36. The number of carbonyl (C=O) groups excluding carboxylic acids is 1. The van der Waals surface area contributed by atoms with E-state index in [4.69, 9.17) is 16.6 Å². The maximum atomic E-state index is 12.6. The maximum Gasteiger partial charge on any atom is 0.255 e. The number of halogens is 1. The second-order valence-corrected chi connectivity index (χ2v) is 9.79. The number of benzene rings is 2. The van der Waals surface area contributed by atoms with Crippen molar-refractivity contribution in [2.45, 2.75) is 6.54 Å². The molecule has 3 N–H and O–H groups in total. The molecule has 192 valence electrons. The Kier molecular flexibility index (Phi) is 7.22. The van der Waals surface area contributed by atoms with Gasteiger partial charge in [-0.25, -0.2) is 9.97 Å². The molecule has 0 spiro atoms. The van der Waals surface area contributed by atoms with Crippen LogP contribution in [0, 0.1) is 0 Å². The molecule has 5 rings (SSSR count). The Morgan fingerprint density at radius 1 is 1.08 bits per heavy atom. The van der Waals surface area contributed by atoms with Crippen molar-refractivity contribution in [2.24, 2.45) is 0 Å². The fraction of sp³-hybridized carbons (Fsp3) is 0.308. The molecule has 10 nitrogen and oxygen atoms in total. The number of nitrogens with one attached hydrogen (secondary N) is 3. The quantitative estimate of drug-likeness (QED) is 0.337. The molecule has 1 saturated heterocycles. The van der Waals surface area contributed by atoms with Crippen LogP contribution in [0.4, 0.5) is 23.1 Å². The molecule has 11 heteroatoms. The van der Waals surface area contributed by atoms with Crippen LogP contribution in [0.3, 0.4) is 0 Å². The number of amides is 1. The van der Waals surface area contributed by atoms with Crippen molar-refractivity contribution >= 4 is 51.7 Å². The average Bonchev–Trinajstić information content (AvgIpc) is 3.29. The van der Waals surface area contributed by atoms with Crippen molar-refractivity contribution in [1.82, 2.24) is 34.6 Å². The molecule has 0 aliphatic carbocycles. The molecular weight excluding hydrogens is 490 g/mol. The summed E-state index contributed by atoms with van der Waals surface area (Å²) in [5, 5.41) is 6.77. The number of hydrogen-bond donors (Lipinski definition) is 3. The first-order valence-corrected chi connectivity index (χ1v) is 12.5. The van der Waals surface area contributed by atoms with E-state index in [1.54, 1.807) is 20.2 Å². The van der Waals surface area contributed by atoms with E-state index in [1.807, 2.05) is 36.4 Å². The molecule has 3 heterocycles. The van der Waals surface area contributed by atoms with Crippen LogP contribution in [0.25, 0.3) is 11.0 Å². The highest BCUT2D eigenvalue weighted by Gasteiger charge is 2.17. The summed E-state index contributed by atoms with van der Waals surface area (Å²) in [5.41, 5.74) is 3.81. The highest BCUT2D eigenvalue weighted by molar-refractivity contribution is 6.33. The van der Waals surface area contributed by atoms with E-state index in [9.17, 15) is 4.79 Å². The predicted molar refractivity (Wildman–Crippen MR) is 147 cm³/mol. The highest BCUT2D eigenvalue weighted by Crippen LogP contribution is 2.28. The average molecular weight is 520 g/mol. The first-order chi connectivity index (χ1) is 17.9. The number of para-hydroxylation sites is 1. The van der Waals surface area contributed by atoms with Gasteiger partial charge in [0, 0.05) is 46.0 Å². The van der Waals surface area contributed by atoms with Gasteiger partial charge >= 0.3 is 0 Å². The van der Waals surface area contributed by atoms with Gasteiger partial charge in [0.15, 0.2) is 5.82 Å². The summed E-state index contributed by atoms with van der Waals surface area (Å²) in [6.45, 7) is 5.03. The topological polar surface area (TPSA) is 105 Å². The van der Waals surface area contributed by atoms with E-state index in [0.29, 0.717) is 28.0 Å². The molecule has 2 aromatic carbocycles. The summed E-state index contributed by atoms with van der Waals surface area (Å²) in [4.78, 5) is 35.9. The molecule has 0 unspecified atom stereocenters. The first kappa shape index (κ1) is 24.9. The van der Waals surface area contributed by atoms with Crippen LogP contribution in [-0.2, 0) is 6.54 Å². The van der Waals surface area contributed by atoms with Crippen LogP contribution in [0.2, 0.25) is 5.02 Å². The number of H-pyrrole nitrogens is 1. The summed E-state index contributed by atoms with van der Waals surface area (Å²) < 4.78 is 0. The lowest BCUT2D eigenvalue weighted by Crippen LogP contribution is -2.44. The number of carbonyl (C=O) groups is 1. The van der Waals surface area contributed by atoms with Crippen LogP contribution in [-0.4, -0.2) is 87.9 Å². The van der Waals surface area contributed by atoms with Gasteiger partial charge in [-0.05, 0) is 37.4 Å². The van der Waals surface area contributed by atoms with E-state index in [0.717, 1.165) is 55.3 Å². The van der Waals surface area contributed by atoms with Crippen molar-refractivity contribution in [3.63, 3.8) is 0 Å². The Bertz CT molecular complexity index is 1410. The standard InChI is InChI=1S/C26H30ClN9O/c1-34(2)25(37)18-6-4-5-7-20(18)32-24-19(27)15-28-26(33-24)29-17-8-9-21-22(14-17)31-23(30-21)16-36-12-10-35(3)11-13-36/h4-9,14-15H,10-13,16H2,1-3H3,(H,30,31)(H2,28,29,32,33). The Morgan fingerprint density at radius 3 is 2.65 bits per heavy atom. The molecule has 4 aromatic rings. The van der Waals surface area contributed by atoms with Gasteiger partial charge in [-0.2, -0.15) is 4.98 Å². The molecule has 1 amide bonds. The third-order valence-corrected chi connectivity index (χ3v) is 6.59. The van der Waals surface area contributed by atoms with E-state index in [2.05, 4.69) is 42.4 Å². The van der Waals surface area contributed by atoms with E-state index in [1.165, 1.54) is 11.1 Å². The lowest BCUT2D eigenvalue weighted by molar-refractivity contribution is 0.0828. The van der Waals surface area contributed by atoms with Crippen molar-refractivity contribution in [3.8, 4) is 0 Å². The second kappa shape index (κ2) is 10.7. The van der Waals surface area contributed by atoms with Gasteiger partial charge in [0.1, 0.15) is 10.8 Å². The van der Waals surface area contributed by atoms with Crippen LogP contribution in [0.5, 0.6) is 0 Å². The number of aromatic nitrogens is 4. The number of nitrogens with zero attached hydrogens (tertiary/aromatic N) is 6. The minimum atomic E-state index is -0.119. The van der Waals surface area contributed by atoms with Gasteiger partial charge in [-0.15, -0.1) is 0 Å². The Morgan fingerprint density at radius 2 is 1.86 bits per heavy atom. The zero-order valence-corrected chi connectivity index (χ0v) is 21.9. The minimum Gasteiger partial charge on any atom is -0.345 e. The lowest BCUT2D eigenvalue weighted by atomic mass is 10.1. The van der Waals surface area contributed by atoms with E-state index >= 15 is 0 Å². The largest absolute Gasteiger partial charge is 0.345 e. The first-order valence-electron chi connectivity index (χ1n) is 12.1. The van der Waals surface area contributed by atoms with Gasteiger partial charge < -0.3 is 25.4 Å². The molecule has 0 saturated carbocycles. The number of fused-ring (bicyclic) bond motifs is 1. The highest BCUT2D eigenvalue weighted by atomic mass is 35.5. The lowest BCUT2D eigenvalue weighted by Gasteiger charge is -2.31. The maximum absolute atomic E-state index is 12.6. The predicted octanol–water partition coefficient (Wildman–Crippen LogP) is 3.94. The molecule has 0 bridgehead atoms. The van der Waals surface area contributed by atoms with E-state index in [-0.39, 0.29) is 5.91 Å². The molecule has 1 fully saturated rings. The summed E-state index contributed by atoms with van der Waals surface area (Å²) in [6.07, 6.45) is 1.53. The SMILES string of the molecule is CN1CCN(Cc2nc3ccc(Nc4ncc(Cl)c(Nc5ccccc5C(=O)N(C)C)n4)cc3[nH]2)CC1. The molecule has 37 heavy (non-hydrogen) atoms. The monoisotopic (exact) mass is 519 g/mol. The van der Waals surface area contributed by atoms with Gasteiger partial charge in [-0.3, -0.25) is 9.69 Å². The number of hydrogen-bond acceptors (Lipinski definition) is 8. The van der Waals surface area contributed by atoms with Crippen LogP contribution >= 0.6 is 11.6 Å². The normalized spacial score (nSPS) is 14.6. The Hall–Kier alpha value is -3.73. The molecule has 0 atom stereocenters. The number of piperazine rings is 1. The number of imidazole rings is 1. The minimum absolute atomic E-state index is 0.119. The van der Waals surface area contributed by atoms with E-state index < -0.39 is 0 Å². The Balaban J connectivity index is 1.32.